The van der Waals surface area contributed by atoms with Crippen LogP contribution < -0.4 is 5.32 Å². The van der Waals surface area contributed by atoms with Gasteiger partial charge in [-0.3, -0.25) is 4.79 Å². The Morgan fingerprint density at radius 3 is 2.89 bits per heavy atom. The van der Waals surface area contributed by atoms with Crippen LogP contribution in [0.25, 0.3) is 0 Å². The van der Waals surface area contributed by atoms with Crippen molar-refractivity contribution >= 4 is 17.7 Å². The minimum atomic E-state index is -0.652. The molecule has 98 valence electrons. The molecule has 2 heterocycles. The third kappa shape index (κ3) is 1.45. The Labute approximate surface area is 112 Å². The van der Waals surface area contributed by atoms with Crippen molar-refractivity contribution in [2.24, 2.45) is 5.92 Å². The van der Waals surface area contributed by atoms with Gasteiger partial charge in [-0.05, 0) is 43.6 Å². The summed E-state index contributed by atoms with van der Waals surface area (Å²) in [5, 5.41) is 13.6. The van der Waals surface area contributed by atoms with Gasteiger partial charge in [-0.2, -0.15) is 0 Å². The third-order valence-corrected chi connectivity index (χ3v) is 6.13. The minimum absolute atomic E-state index is 0.000161. The molecule has 0 unspecified atom stereocenters. The van der Waals surface area contributed by atoms with E-state index in [0.29, 0.717) is 0 Å². The molecule has 3 nitrogen and oxygen atoms in total. The molecule has 4 heteroatoms. The number of aliphatic hydroxyl groups is 1. The second kappa shape index (κ2) is 4.14. The smallest absolute Gasteiger partial charge is 0.242 e. The van der Waals surface area contributed by atoms with Crippen molar-refractivity contribution in [3.8, 4) is 0 Å². The lowest BCUT2D eigenvalue weighted by Crippen LogP contribution is -2.74. The van der Waals surface area contributed by atoms with Crippen LogP contribution in [0.3, 0.4) is 0 Å². The standard InChI is InChI=1S/C14H19NO2S/c1-8-9(2)18-14(11(8)15-13(14)17)12(16)10-6-4-3-5-7-10/h4,6,10-12,16H,3,5,7H2,1-2H3,(H,15,17)/t10-,11-,12-,14-/m0/s1. The molecule has 2 N–H and O–H groups in total. The van der Waals surface area contributed by atoms with E-state index in [1.54, 1.807) is 11.8 Å². The van der Waals surface area contributed by atoms with Crippen LogP contribution in [0.2, 0.25) is 0 Å². The second-order valence-corrected chi connectivity index (χ2v) is 7.00. The number of allylic oxidation sites excluding steroid dienone is 2. The summed E-state index contributed by atoms with van der Waals surface area (Å²) in [6.45, 7) is 4.09. The van der Waals surface area contributed by atoms with E-state index in [0.717, 1.165) is 19.3 Å². The van der Waals surface area contributed by atoms with E-state index in [2.05, 4.69) is 24.4 Å². The molecule has 1 amide bonds. The summed E-state index contributed by atoms with van der Waals surface area (Å²) < 4.78 is -0.652. The fourth-order valence-corrected chi connectivity index (χ4v) is 4.85. The Balaban J connectivity index is 1.88. The first-order valence-electron chi connectivity index (χ1n) is 6.59. The lowest BCUT2D eigenvalue weighted by atomic mass is 9.74. The van der Waals surface area contributed by atoms with Gasteiger partial charge in [0.25, 0.3) is 0 Å². The first-order chi connectivity index (χ1) is 8.57. The maximum Gasteiger partial charge on any atom is 0.242 e. The van der Waals surface area contributed by atoms with Gasteiger partial charge in [-0.1, -0.05) is 12.2 Å². The Hall–Kier alpha value is -0.740. The lowest BCUT2D eigenvalue weighted by molar-refractivity contribution is -0.137. The van der Waals surface area contributed by atoms with Gasteiger partial charge in [0.15, 0.2) is 0 Å². The zero-order valence-electron chi connectivity index (χ0n) is 10.8. The highest BCUT2D eigenvalue weighted by Crippen LogP contribution is 2.54. The minimum Gasteiger partial charge on any atom is -0.390 e. The van der Waals surface area contributed by atoms with Crippen molar-refractivity contribution in [2.45, 2.75) is 50.0 Å². The zero-order chi connectivity index (χ0) is 12.9. The van der Waals surface area contributed by atoms with E-state index < -0.39 is 10.9 Å². The number of rotatable bonds is 2. The van der Waals surface area contributed by atoms with E-state index >= 15 is 0 Å². The third-order valence-electron chi connectivity index (χ3n) is 4.51. The van der Waals surface area contributed by atoms with Gasteiger partial charge in [-0.15, -0.1) is 11.8 Å². The van der Waals surface area contributed by atoms with Crippen LogP contribution >= 0.6 is 11.8 Å². The molecule has 1 fully saturated rings. The number of hydrogen-bond acceptors (Lipinski definition) is 3. The van der Waals surface area contributed by atoms with Crippen LogP contribution in [-0.4, -0.2) is 27.9 Å². The van der Waals surface area contributed by atoms with Gasteiger partial charge < -0.3 is 10.4 Å². The molecular formula is C14H19NO2S. The molecule has 0 aromatic rings. The fourth-order valence-electron chi connectivity index (χ4n) is 3.26. The molecule has 0 radical (unpaired) electrons. The largest absolute Gasteiger partial charge is 0.390 e. The monoisotopic (exact) mass is 265 g/mol. The number of nitrogens with one attached hydrogen (secondary N) is 1. The van der Waals surface area contributed by atoms with Crippen LogP contribution in [0.5, 0.6) is 0 Å². The Bertz CT molecular complexity index is 457. The van der Waals surface area contributed by atoms with Crippen molar-refractivity contribution < 1.29 is 9.90 Å². The fraction of sp³-hybridized carbons (Fsp3) is 0.643. The normalized spacial score (nSPS) is 40.3. The molecule has 18 heavy (non-hydrogen) atoms. The van der Waals surface area contributed by atoms with Gasteiger partial charge in [0.2, 0.25) is 5.91 Å². The maximum absolute atomic E-state index is 12.1. The van der Waals surface area contributed by atoms with E-state index in [-0.39, 0.29) is 17.9 Å². The van der Waals surface area contributed by atoms with Gasteiger partial charge in [0, 0.05) is 5.92 Å². The molecule has 3 rings (SSSR count). The number of carbonyl (C=O) groups excluding carboxylic acids is 1. The van der Waals surface area contributed by atoms with Crippen molar-refractivity contribution in [3.05, 3.63) is 22.6 Å². The van der Waals surface area contributed by atoms with Crippen LogP contribution in [0.15, 0.2) is 22.6 Å². The highest BCUT2D eigenvalue weighted by molar-refractivity contribution is 8.05. The molecule has 3 aliphatic rings. The number of carbonyl (C=O) groups is 1. The number of amides is 1. The van der Waals surface area contributed by atoms with E-state index in [9.17, 15) is 9.90 Å². The van der Waals surface area contributed by atoms with Crippen LogP contribution in [0, 0.1) is 5.92 Å². The Kier molecular flexibility index (Phi) is 2.83. The SMILES string of the molecule is CC1=C(C)[C@@H]2NC(=O)[C@]2([C@@H](O)[C@H]2C=CCCC2)S1. The Morgan fingerprint density at radius 1 is 1.56 bits per heavy atom. The van der Waals surface area contributed by atoms with Crippen LogP contribution in [-0.2, 0) is 4.79 Å². The molecule has 2 aliphatic heterocycles. The summed E-state index contributed by atoms with van der Waals surface area (Å²) in [5.41, 5.74) is 1.21. The van der Waals surface area contributed by atoms with Crippen molar-refractivity contribution in [2.75, 3.05) is 0 Å². The molecule has 0 aromatic heterocycles. The topological polar surface area (TPSA) is 49.3 Å². The highest BCUT2D eigenvalue weighted by atomic mass is 32.2. The molecule has 1 saturated heterocycles. The maximum atomic E-state index is 12.1. The summed E-state index contributed by atoms with van der Waals surface area (Å²) in [6, 6.07) is 0.0281. The molecule has 4 atom stereocenters. The Morgan fingerprint density at radius 2 is 2.33 bits per heavy atom. The van der Waals surface area contributed by atoms with Gasteiger partial charge in [-0.25, -0.2) is 0 Å². The van der Waals surface area contributed by atoms with Gasteiger partial charge in [0.1, 0.15) is 4.75 Å². The summed E-state index contributed by atoms with van der Waals surface area (Å²) in [5.74, 6) is 0.124. The summed E-state index contributed by atoms with van der Waals surface area (Å²) >= 11 is 1.56. The van der Waals surface area contributed by atoms with Crippen molar-refractivity contribution in [1.29, 1.82) is 0 Å². The predicted molar refractivity (Wildman–Crippen MR) is 73.1 cm³/mol. The van der Waals surface area contributed by atoms with Crippen molar-refractivity contribution in [1.82, 2.24) is 5.32 Å². The molecule has 0 saturated carbocycles. The van der Waals surface area contributed by atoms with Crippen LogP contribution in [0.4, 0.5) is 0 Å². The summed E-state index contributed by atoms with van der Waals surface area (Å²) in [6.07, 6.45) is 6.83. The zero-order valence-corrected chi connectivity index (χ0v) is 11.6. The van der Waals surface area contributed by atoms with Crippen LogP contribution in [0.1, 0.15) is 33.1 Å². The molecule has 0 aromatic carbocycles. The number of thioether (sulfide) groups is 1. The average Bonchev–Trinajstić information content (AvgIpc) is 2.60. The lowest BCUT2D eigenvalue weighted by Gasteiger charge is -2.49. The van der Waals surface area contributed by atoms with E-state index in [1.165, 1.54) is 10.5 Å². The molecular weight excluding hydrogens is 246 g/mol. The first-order valence-corrected chi connectivity index (χ1v) is 7.41. The number of aliphatic hydroxyl groups excluding tert-OH is 1. The predicted octanol–water partition coefficient (Wildman–Crippen LogP) is 1.98. The first kappa shape index (κ1) is 12.3. The molecule has 0 spiro atoms. The number of β-lactam (4-membered cyclic amide) rings is 1. The average molecular weight is 265 g/mol. The van der Waals surface area contributed by atoms with Crippen molar-refractivity contribution in [3.63, 3.8) is 0 Å². The highest BCUT2D eigenvalue weighted by Gasteiger charge is 2.65. The quantitative estimate of drug-likeness (QED) is 0.593. The van der Waals surface area contributed by atoms with E-state index in [4.69, 9.17) is 0 Å². The summed E-state index contributed by atoms with van der Waals surface area (Å²) in [4.78, 5) is 13.2. The van der Waals surface area contributed by atoms with E-state index in [1.807, 2.05) is 6.92 Å². The number of fused-ring (bicyclic) bond motifs is 1. The molecule has 1 aliphatic carbocycles. The summed E-state index contributed by atoms with van der Waals surface area (Å²) in [7, 11) is 0. The van der Waals surface area contributed by atoms with Gasteiger partial charge in [0.05, 0.1) is 12.1 Å². The second-order valence-electron chi connectivity index (χ2n) is 5.51. The number of hydrogen-bond donors (Lipinski definition) is 2. The van der Waals surface area contributed by atoms with Gasteiger partial charge >= 0.3 is 0 Å². The molecule has 0 bridgehead atoms.